The van der Waals surface area contributed by atoms with Crippen LogP contribution in [0.4, 0.5) is 0 Å². The van der Waals surface area contributed by atoms with Crippen LogP contribution in [0, 0.1) is 0 Å². The van der Waals surface area contributed by atoms with E-state index < -0.39 is 0 Å². The first kappa shape index (κ1) is 6.08. The molecule has 1 heteroatoms. The molecule has 0 atom stereocenters. The van der Waals surface area contributed by atoms with Crippen LogP contribution in [0.15, 0.2) is 12.7 Å². The third-order valence-corrected chi connectivity index (χ3v) is 5.42. The number of hydrogen-bond acceptors (Lipinski definition) is 0. The highest BCUT2D eigenvalue weighted by Crippen LogP contribution is 2.21. The Kier molecular flexibility index (Phi) is 2.34. The van der Waals surface area contributed by atoms with E-state index in [-0.39, 0.29) is 8.80 Å². The molecule has 1 saturated heterocycles. The Morgan fingerprint density at radius 1 is 1.38 bits per heavy atom. The predicted molar refractivity (Wildman–Crippen MR) is 41.0 cm³/mol. The molecule has 0 aromatic heterocycles. The zero-order valence-electron chi connectivity index (χ0n) is 5.40. The Morgan fingerprint density at radius 3 is 2.50 bits per heavy atom. The Labute approximate surface area is 53.2 Å². The zero-order chi connectivity index (χ0) is 5.82. The van der Waals surface area contributed by atoms with Crippen LogP contribution in [0.25, 0.3) is 0 Å². The molecule has 0 spiro atoms. The van der Waals surface area contributed by atoms with Gasteiger partial charge in [-0.1, -0.05) is 31.0 Å². The van der Waals surface area contributed by atoms with Crippen molar-refractivity contribution in [3.05, 3.63) is 12.7 Å². The first-order chi connectivity index (χ1) is 3.93. The molecule has 0 nitrogen and oxygen atoms in total. The molecule has 0 aliphatic carbocycles. The summed E-state index contributed by atoms with van der Waals surface area (Å²) in [6.45, 7) is 3.76. The van der Waals surface area contributed by atoms with Gasteiger partial charge in [0.2, 0.25) is 0 Å². The normalized spacial score (nSPS) is 21.5. The lowest BCUT2D eigenvalue weighted by Crippen LogP contribution is -2.01. The van der Waals surface area contributed by atoms with Crippen molar-refractivity contribution < 1.29 is 0 Å². The minimum Gasteiger partial charge on any atom is -0.103 e. The number of allylic oxidation sites excluding steroid dienone is 1. The lowest BCUT2D eigenvalue weighted by atomic mass is 10.4. The van der Waals surface area contributed by atoms with Crippen molar-refractivity contribution >= 4 is 8.80 Å². The molecule has 1 fully saturated rings. The molecule has 0 radical (unpaired) electrons. The van der Waals surface area contributed by atoms with Crippen LogP contribution in [0.1, 0.15) is 12.8 Å². The fraction of sp³-hybridized carbons (Fsp3) is 0.714. The summed E-state index contributed by atoms with van der Waals surface area (Å²) < 4.78 is 0. The Morgan fingerprint density at radius 2 is 2.00 bits per heavy atom. The summed E-state index contributed by atoms with van der Waals surface area (Å²) in [5.74, 6) is 0. The van der Waals surface area contributed by atoms with Gasteiger partial charge in [-0.3, -0.25) is 0 Å². The van der Waals surface area contributed by atoms with Gasteiger partial charge in [0.15, 0.2) is 0 Å². The van der Waals surface area contributed by atoms with Crippen molar-refractivity contribution in [2.24, 2.45) is 0 Å². The quantitative estimate of drug-likeness (QED) is 0.393. The molecular weight excluding hydrogens is 112 g/mol. The van der Waals surface area contributed by atoms with Gasteiger partial charge in [-0.2, -0.15) is 0 Å². The molecule has 0 saturated carbocycles. The monoisotopic (exact) mass is 126 g/mol. The topological polar surface area (TPSA) is 0 Å². The fourth-order valence-corrected chi connectivity index (χ4v) is 4.45. The molecule has 1 heterocycles. The van der Waals surface area contributed by atoms with Gasteiger partial charge in [0.1, 0.15) is 0 Å². The van der Waals surface area contributed by atoms with Crippen LogP contribution < -0.4 is 0 Å². The van der Waals surface area contributed by atoms with E-state index in [0.717, 1.165) is 0 Å². The van der Waals surface area contributed by atoms with E-state index in [9.17, 15) is 0 Å². The van der Waals surface area contributed by atoms with Crippen LogP contribution in [-0.4, -0.2) is 8.80 Å². The van der Waals surface area contributed by atoms with Gasteiger partial charge in [-0.25, -0.2) is 0 Å². The Hall–Kier alpha value is -0.0431. The van der Waals surface area contributed by atoms with Gasteiger partial charge in [0, 0.05) is 8.80 Å². The molecule has 1 rings (SSSR count). The maximum absolute atomic E-state index is 3.76. The average molecular weight is 126 g/mol. The third-order valence-electron chi connectivity index (χ3n) is 1.97. The molecular formula is C7H14Si. The molecule has 0 unspecified atom stereocenters. The minimum atomic E-state index is -0.199. The summed E-state index contributed by atoms with van der Waals surface area (Å²) in [7, 11) is -0.199. The summed E-state index contributed by atoms with van der Waals surface area (Å²) in [6.07, 6.45) is 5.15. The second kappa shape index (κ2) is 3.08. The van der Waals surface area contributed by atoms with Crippen LogP contribution >= 0.6 is 0 Å². The van der Waals surface area contributed by atoms with Crippen molar-refractivity contribution in [1.82, 2.24) is 0 Å². The Balaban J connectivity index is 2.14. The van der Waals surface area contributed by atoms with Gasteiger partial charge < -0.3 is 0 Å². The summed E-state index contributed by atoms with van der Waals surface area (Å²) in [5, 5.41) is 0. The molecule has 46 valence electrons. The van der Waals surface area contributed by atoms with Gasteiger partial charge in [-0.15, -0.1) is 6.58 Å². The number of hydrogen-bond donors (Lipinski definition) is 0. The van der Waals surface area contributed by atoms with Gasteiger partial charge in [-0.05, 0) is 6.04 Å². The van der Waals surface area contributed by atoms with E-state index in [1.807, 2.05) is 0 Å². The summed E-state index contributed by atoms with van der Waals surface area (Å²) in [4.78, 5) is 0. The lowest BCUT2D eigenvalue weighted by molar-refractivity contribution is 0.935. The van der Waals surface area contributed by atoms with Crippen molar-refractivity contribution in [2.45, 2.75) is 31.0 Å². The summed E-state index contributed by atoms with van der Waals surface area (Å²) >= 11 is 0. The van der Waals surface area contributed by atoms with E-state index >= 15 is 0 Å². The SMILES string of the molecule is C=CC[SiH]1CCCC1. The molecule has 0 bridgehead atoms. The maximum Gasteiger partial charge on any atom is 0.0405 e. The van der Waals surface area contributed by atoms with Crippen LogP contribution in [-0.2, 0) is 0 Å². The van der Waals surface area contributed by atoms with Crippen molar-refractivity contribution in [3.63, 3.8) is 0 Å². The summed E-state index contributed by atoms with van der Waals surface area (Å²) in [5.41, 5.74) is 0. The molecule has 1 aliphatic rings. The van der Waals surface area contributed by atoms with Crippen molar-refractivity contribution in [3.8, 4) is 0 Å². The first-order valence-corrected chi connectivity index (χ1v) is 5.99. The molecule has 8 heavy (non-hydrogen) atoms. The van der Waals surface area contributed by atoms with Crippen LogP contribution in [0.2, 0.25) is 18.1 Å². The largest absolute Gasteiger partial charge is 0.103 e. The second-order valence-corrected chi connectivity index (χ2v) is 6.03. The van der Waals surface area contributed by atoms with E-state index in [2.05, 4.69) is 12.7 Å². The van der Waals surface area contributed by atoms with E-state index in [1.165, 1.54) is 18.9 Å². The molecule has 0 N–H and O–H groups in total. The maximum atomic E-state index is 3.76. The smallest absolute Gasteiger partial charge is 0.0405 e. The van der Waals surface area contributed by atoms with E-state index in [0.29, 0.717) is 0 Å². The molecule has 1 aliphatic heterocycles. The fourth-order valence-electron chi connectivity index (χ4n) is 1.48. The highest BCUT2D eigenvalue weighted by atomic mass is 28.3. The minimum absolute atomic E-state index is 0.199. The lowest BCUT2D eigenvalue weighted by Gasteiger charge is -1.98. The number of rotatable bonds is 2. The van der Waals surface area contributed by atoms with Crippen LogP contribution in [0.3, 0.4) is 0 Å². The van der Waals surface area contributed by atoms with E-state index in [4.69, 9.17) is 0 Å². The van der Waals surface area contributed by atoms with Crippen molar-refractivity contribution in [2.75, 3.05) is 0 Å². The highest BCUT2D eigenvalue weighted by Gasteiger charge is 2.13. The third kappa shape index (κ3) is 1.48. The second-order valence-electron chi connectivity index (χ2n) is 2.67. The van der Waals surface area contributed by atoms with Gasteiger partial charge in [0.05, 0.1) is 0 Å². The predicted octanol–water partition coefficient (Wildman–Crippen LogP) is 2.19. The highest BCUT2D eigenvalue weighted by molar-refractivity contribution is 6.60. The molecule has 0 aromatic carbocycles. The molecule has 0 amide bonds. The van der Waals surface area contributed by atoms with Crippen molar-refractivity contribution in [1.29, 1.82) is 0 Å². The first-order valence-electron chi connectivity index (χ1n) is 3.54. The zero-order valence-corrected chi connectivity index (χ0v) is 6.55. The van der Waals surface area contributed by atoms with Gasteiger partial charge in [0.25, 0.3) is 0 Å². The van der Waals surface area contributed by atoms with E-state index in [1.54, 1.807) is 12.1 Å². The van der Waals surface area contributed by atoms with Gasteiger partial charge >= 0.3 is 0 Å². The Bertz CT molecular complexity index is 72.5. The molecule has 0 aromatic rings. The average Bonchev–Trinajstić information content (AvgIpc) is 2.19. The standard InChI is InChI=1S/C7H14Si/c1-2-5-8-6-3-4-7-8/h2,8H,1,3-7H2. The van der Waals surface area contributed by atoms with Crippen LogP contribution in [0.5, 0.6) is 0 Å². The summed E-state index contributed by atoms with van der Waals surface area (Å²) in [6, 6.07) is 4.57.